The Balaban J connectivity index is 1.99. The average Bonchev–Trinajstić information content (AvgIpc) is 2.50. The second-order valence-corrected chi connectivity index (χ2v) is 7.32. The number of fused-ring (bicyclic) bond motifs is 1. The molecule has 0 saturated heterocycles. The second kappa shape index (κ2) is 7.68. The zero-order valence-electron chi connectivity index (χ0n) is 13.0. The van der Waals surface area contributed by atoms with Crippen LogP contribution in [0.1, 0.15) is 36.6 Å². The van der Waals surface area contributed by atoms with Crippen LogP contribution in [0.15, 0.2) is 24.3 Å². The molecule has 0 aliphatic carbocycles. The Morgan fingerprint density at radius 2 is 2.09 bits per heavy atom. The van der Waals surface area contributed by atoms with Gasteiger partial charge in [0, 0.05) is 6.54 Å². The molecule has 1 aromatic rings. The van der Waals surface area contributed by atoms with Gasteiger partial charge in [-0.3, -0.25) is 9.59 Å². The van der Waals surface area contributed by atoms with Crippen LogP contribution < -0.4 is 5.32 Å². The number of hydrogen-bond donors (Lipinski definition) is 2. The van der Waals surface area contributed by atoms with Gasteiger partial charge < -0.3 is 10.4 Å². The first kappa shape index (κ1) is 16.9. The lowest BCUT2D eigenvalue weighted by molar-refractivity contribution is -0.142. The molecule has 0 radical (unpaired) electrons. The summed E-state index contributed by atoms with van der Waals surface area (Å²) in [6, 6.07) is 8.00. The van der Waals surface area contributed by atoms with Gasteiger partial charge in [-0.1, -0.05) is 38.1 Å². The Morgan fingerprint density at radius 1 is 1.36 bits per heavy atom. The molecule has 0 aromatic heterocycles. The topological polar surface area (TPSA) is 66.4 Å². The standard InChI is InChI=1S/C17H23NO3S/c1-11(2)9-13(17(20)21)10-18-16(19)15-14-6-4-3-5-12(14)7-8-22-15/h3-6,11,13,15H,7-10H2,1-2H3,(H,18,19)(H,20,21). The van der Waals surface area contributed by atoms with E-state index in [1.165, 1.54) is 5.56 Å². The summed E-state index contributed by atoms with van der Waals surface area (Å²) in [5.74, 6) is -0.225. The maximum Gasteiger partial charge on any atom is 0.308 e. The van der Waals surface area contributed by atoms with Gasteiger partial charge in [0.05, 0.1) is 5.92 Å². The van der Waals surface area contributed by atoms with Crippen molar-refractivity contribution in [3.05, 3.63) is 35.4 Å². The highest BCUT2D eigenvalue weighted by atomic mass is 32.2. The van der Waals surface area contributed by atoms with Crippen LogP contribution in [-0.4, -0.2) is 29.3 Å². The van der Waals surface area contributed by atoms with Gasteiger partial charge in [0.1, 0.15) is 5.25 Å². The third-order valence-electron chi connectivity index (χ3n) is 3.86. The number of thioether (sulfide) groups is 1. The molecule has 0 bridgehead atoms. The van der Waals surface area contributed by atoms with E-state index in [4.69, 9.17) is 0 Å². The predicted molar refractivity (Wildman–Crippen MR) is 88.9 cm³/mol. The number of amides is 1. The monoisotopic (exact) mass is 321 g/mol. The minimum absolute atomic E-state index is 0.0767. The van der Waals surface area contributed by atoms with E-state index in [0.717, 1.165) is 17.7 Å². The van der Waals surface area contributed by atoms with Crippen molar-refractivity contribution >= 4 is 23.6 Å². The van der Waals surface area contributed by atoms with Crippen molar-refractivity contribution in [3.8, 4) is 0 Å². The Labute approximate surface area is 135 Å². The van der Waals surface area contributed by atoms with Crippen LogP contribution in [0.25, 0.3) is 0 Å². The average molecular weight is 321 g/mol. The van der Waals surface area contributed by atoms with Gasteiger partial charge >= 0.3 is 5.97 Å². The molecule has 1 heterocycles. The molecule has 1 aromatic carbocycles. The maximum absolute atomic E-state index is 12.4. The highest BCUT2D eigenvalue weighted by Crippen LogP contribution is 2.36. The zero-order valence-corrected chi connectivity index (χ0v) is 13.9. The molecule has 2 rings (SSSR count). The van der Waals surface area contributed by atoms with Crippen molar-refractivity contribution in [1.82, 2.24) is 5.32 Å². The minimum Gasteiger partial charge on any atom is -0.481 e. The summed E-state index contributed by atoms with van der Waals surface area (Å²) in [6.07, 6.45) is 1.56. The van der Waals surface area contributed by atoms with E-state index < -0.39 is 11.9 Å². The molecule has 120 valence electrons. The van der Waals surface area contributed by atoms with Crippen molar-refractivity contribution < 1.29 is 14.7 Å². The molecule has 2 N–H and O–H groups in total. The molecule has 2 atom stereocenters. The van der Waals surface area contributed by atoms with Crippen LogP contribution in [0, 0.1) is 11.8 Å². The van der Waals surface area contributed by atoms with Crippen LogP contribution in [0.5, 0.6) is 0 Å². The van der Waals surface area contributed by atoms with E-state index in [1.54, 1.807) is 11.8 Å². The number of carboxylic acids is 1. The van der Waals surface area contributed by atoms with Gasteiger partial charge in [0.25, 0.3) is 0 Å². The largest absolute Gasteiger partial charge is 0.481 e. The van der Waals surface area contributed by atoms with Crippen molar-refractivity contribution in [1.29, 1.82) is 0 Å². The SMILES string of the molecule is CC(C)CC(CNC(=O)C1SCCc2ccccc21)C(=O)O. The van der Waals surface area contributed by atoms with Crippen LogP contribution >= 0.6 is 11.8 Å². The minimum atomic E-state index is -0.842. The lowest BCUT2D eigenvalue weighted by Gasteiger charge is -2.25. The summed E-state index contributed by atoms with van der Waals surface area (Å²) in [5, 5.41) is 11.9. The Hall–Kier alpha value is -1.49. The van der Waals surface area contributed by atoms with Crippen LogP contribution in [0.3, 0.4) is 0 Å². The zero-order chi connectivity index (χ0) is 16.1. The fraction of sp³-hybridized carbons (Fsp3) is 0.529. The Morgan fingerprint density at radius 3 is 2.77 bits per heavy atom. The van der Waals surface area contributed by atoms with Crippen molar-refractivity contribution in [2.45, 2.75) is 31.9 Å². The Bertz CT molecular complexity index is 544. The number of carboxylic acid groups (broad SMARTS) is 1. The molecule has 0 spiro atoms. The molecular formula is C17H23NO3S. The number of carbonyl (C=O) groups is 2. The molecule has 1 amide bonds. The first-order chi connectivity index (χ1) is 10.5. The normalized spacial score (nSPS) is 18.6. The first-order valence-electron chi connectivity index (χ1n) is 7.69. The van der Waals surface area contributed by atoms with Gasteiger partial charge in [-0.05, 0) is 35.6 Å². The van der Waals surface area contributed by atoms with Crippen molar-refractivity contribution in [2.24, 2.45) is 11.8 Å². The van der Waals surface area contributed by atoms with E-state index in [0.29, 0.717) is 12.3 Å². The van der Waals surface area contributed by atoms with Gasteiger partial charge in [-0.2, -0.15) is 0 Å². The van der Waals surface area contributed by atoms with E-state index in [1.807, 2.05) is 32.0 Å². The lowest BCUT2D eigenvalue weighted by Crippen LogP contribution is -2.36. The summed E-state index contributed by atoms with van der Waals surface area (Å²) in [6.45, 7) is 4.18. The molecule has 22 heavy (non-hydrogen) atoms. The number of aliphatic carboxylic acids is 1. The van der Waals surface area contributed by atoms with Crippen LogP contribution in [0.2, 0.25) is 0 Å². The fourth-order valence-electron chi connectivity index (χ4n) is 2.77. The first-order valence-corrected chi connectivity index (χ1v) is 8.73. The van der Waals surface area contributed by atoms with E-state index >= 15 is 0 Å². The summed E-state index contributed by atoms with van der Waals surface area (Å²) in [4.78, 5) is 23.7. The molecule has 0 fully saturated rings. The molecule has 4 nitrogen and oxygen atoms in total. The summed E-state index contributed by atoms with van der Waals surface area (Å²) >= 11 is 1.63. The third-order valence-corrected chi connectivity index (χ3v) is 5.10. The van der Waals surface area contributed by atoms with Crippen LogP contribution in [0.4, 0.5) is 0 Å². The fourth-order valence-corrected chi connectivity index (χ4v) is 3.99. The number of benzene rings is 1. The smallest absolute Gasteiger partial charge is 0.308 e. The highest BCUT2D eigenvalue weighted by molar-refractivity contribution is 8.00. The number of nitrogens with one attached hydrogen (secondary N) is 1. The molecule has 1 aliphatic rings. The lowest BCUT2D eigenvalue weighted by atomic mass is 9.97. The highest BCUT2D eigenvalue weighted by Gasteiger charge is 2.28. The third kappa shape index (κ3) is 4.26. The van der Waals surface area contributed by atoms with Gasteiger partial charge in [-0.25, -0.2) is 0 Å². The van der Waals surface area contributed by atoms with Gasteiger partial charge in [-0.15, -0.1) is 11.8 Å². The van der Waals surface area contributed by atoms with E-state index in [9.17, 15) is 14.7 Å². The molecule has 5 heteroatoms. The second-order valence-electron chi connectivity index (χ2n) is 6.11. The van der Waals surface area contributed by atoms with Gasteiger partial charge in [0.15, 0.2) is 0 Å². The van der Waals surface area contributed by atoms with Crippen molar-refractivity contribution in [2.75, 3.05) is 12.3 Å². The predicted octanol–water partition coefficient (Wildman–Crippen LogP) is 2.88. The van der Waals surface area contributed by atoms with Gasteiger partial charge in [0.2, 0.25) is 5.91 Å². The van der Waals surface area contributed by atoms with E-state index in [2.05, 4.69) is 11.4 Å². The van der Waals surface area contributed by atoms with Crippen molar-refractivity contribution in [3.63, 3.8) is 0 Å². The molecular weight excluding hydrogens is 298 g/mol. The Kier molecular flexibility index (Phi) is 5.89. The number of rotatable bonds is 6. The number of carbonyl (C=O) groups excluding carboxylic acids is 1. The number of hydrogen-bond acceptors (Lipinski definition) is 3. The summed E-state index contributed by atoms with van der Waals surface area (Å²) in [7, 11) is 0. The number of aryl methyl sites for hydroxylation is 1. The quantitative estimate of drug-likeness (QED) is 0.845. The molecule has 0 saturated carbocycles. The molecule has 2 unspecified atom stereocenters. The van der Waals surface area contributed by atoms with E-state index in [-0.39, 0.29) is 17.7 Å². The maximum atomic E-state index is 12.4. The van der Waals surface area contributed by atoms with Crippen LogP contribution in [-0.2, 0) is 16.0 Å². The summed E-state index contributed by atoms with van der Waals surface area (Å²) in [5.41, 5.74) is 2.28. The summed E-state index contributed by atoms with van der Waals surface area (Å²) < 4.78 is 0. The molecule has 1 aliphatic heterocycles.